The Morgan fingerprint density at radius 1 is 1.20 bits per heavy atom. The number of rotatable bonds is 4. The predicted molar refractivity (Wildman–Crippen MR) is 95.9 cm³/mol. The minimum Gasteiger partial charge on any atom is -0.331 e. The normalized spacial score (nSPS) is 11.8. The van der Waals surface area contributed by atoms with E-state index in [1.165, 1.54) is 6.33 Å². The third-order valence-electron chi connectivity index (χ3n) is 3.78. The number of urea groups is 1. The van der Waals surface area contributed by atoms with Crippen LogP contribution in [0.15, 0.2) is 48.8 Å². The van der Waals surface area contributed by atoms with Gasteiger partial charge in [-0.1, -0.05) is 29.8 Å². The number of carbonyl (C=O) groups is 1. The molecule has 0 aliphatic rings. The zero-order valence-corrected chi connectivity index (χ0v) is 14.5. The average Bonchev–Trinajstić information content (AvgIpc) is 3.11. The highest BCUT2D eigenvalue weighted by Crippen LogP contribution is 2.19. The molecule has 2 N–H and O–H groups in total. The van der Waals surface area contributed by atoms with Crippen molar-refractivity contribution in [2.75, 3.05) is 5.32 Å². The van der Waals surface area contributed by atoms with Gasteiger partial charge in [-0.15, -0.1) is 5.10 Å². The molecule has 0 radical (unpaired) electrons. The first kappa shape index (κ1) is 16.9. The number of hydrogen-bond acceptors (Lipinski definition) is 4. The van der Waals surface area contributed by atoms with Crippen LogP contribution in [0.3, 0.4) is 0 Å². The summed E-state index contributed by atoms with van der Waals surface area (Å²) in [5, 5.41) is 17.5. The molecule has 7 nitrogen and oxygen atoms in total. The van der Waals surface area contributed by atoms with E-state index >= 15 is 0 Å². The van der Waals surface area contributed by atoms with E-state index in [1.54, 1.807) is 16.8 Å². The Morgan fingerprint density at radius 2 is 1.96 bits per heavy atom. The molecule has 0 saturated heterocycles. The highest BCUT2D eigenvalue weighted by Gasteiger charge is 2.11. The standard InChI is InChI=1S/C17H17ClN6O/c1-11-3-8-15(9-16(11)24-10-19-22-23-24)21-17(25)20-12(2)13-4-6-14(18)7-5-13/h3-10,12H,1-2H3,(H2,20,21,25)/t12-/m0/s1. The molecule has 128 valence electrons. The van der Waals surface area contributed by atoms with E-state index in [1.807, 2.05) is 44.2 Å². The molecule has 3 rings (SSSR count). The van der Waals surface area contributed by atoms with Crippen molar-refractivity contribution in [2.24, 2.45) is 0 Å². The van der Waals surface area contributed by atoms with E-state index in [2.05, 4.69) is 26.2 Å². The Kier molecular flexibility index (Phi) is 4.95. The molecule has 2 aromatic carbocycles. The van der Waals surface area contributed by atoms with Crippen LogP contribution in [0.2, 0.25) is 5.02 Å². The predicted octanol–water partition coefficient (Wildman–Crippen LogP) is 3.51. The quantitative estimate of drug-likeness (QED) is 0.749. The monoisotopic (exact) mass is 356 g/mol. The summed E-state index contributed by atoms with van der Waals surface area (Å²) < 4.78 is 1.55. The number of anilines is 1. The summed E-state index contributed by atoms with van der Waals surface area (Å²) in [6.07, 6.45) is 1.51. The number of hydrogen-bond donors (Lipinski definition) is 2. The summed E-state index contributed by atoms with van der Waals surface area (Å²) in [6.45, 7) is 3.86. The number of halogens is 1. The number of benzene rings is 2. The third kappa shape index (κ3) is 4.13. The molecule has 1 aromatic heterocycles. The molecule has 0 aliphatic carbocycles. The van der Waals surface area contributed by atoms with Crippen LogP contribution < -0.4 is 10.6 Å². The second-order valence-corrected chi connectivity index (χ2v) is 6.06. The molecule has 0 aliphatic heterocycles. The molecule has 25 heavy (non-hydrogen) atoms. The molecule has 8 heteroatoms. The fourth-order valence-corrected chi connectivity index (χ4v) is 2.53. The summed E-state index contributed by atoms with van der Waals surface area (Å²) in [5.74, 6) is 0. The summed E-state index contributed by atoms with van der Waals surface area (Å²) in [7, 11) is 0. The lowest BCUT2D eigenvalue weighted by atomic mass is 10.1. The molecular formula is C17H17ClN6O. The minimum atomic E-state index is -0.297. The van der Waals surface area contributed by atoms with Gasteiger partial charge in [0.2, 0.25) is 0 Å². The van der Waals surface area contributed by atoms with Crippen molar-refractivity contribution < 1.29 is 4.79 Å². The van der Waals surface area contributed by atoms with Crippen molar-refractivity contribution in [1.29, 1.82) is 0 Å². The Hall–Kier alpha value is -2.93. The van der Waals surface area contributed by atoms with E-state index in [4.69, 9.17) is 11.6 Å². The molecule has 0 spiro atoms. The van der Waals surface area contributed by atoms with Crippen LogP contribution in [-0.2, 0) is 0 Å². The highest BCUT2D eigenvalue weighted by atomic mass is 35.5. The molecule has 0 saturated carbocycles. The van der Waals surface area contributed by atoms with Gasteiger partial charge in [-0.25, -0.2) is 9.48 Å². The minimum absolute atomic E-state index is 0.151. The van der Waals surface area contributed by atoms with Crippen molar-refractivity contribution in [3.8, 4) is 5.69 Å². The van der Waals surface area contributed by atoms with Crippen molar-refractivity contribution in [3.05, 3.63) is 64.9 Å². The number of nitrogens with one attached hydrogen (secondary N) is 2. The van der Waals surface area contributed by atoms with Crippen LogP contribution >= 0.6 is 11.6 Å². The lowest BCUT2D eigenvalue weighted by Crippen LogP contribution is -2.31. The van der Waals surface area contributed by atoms with E-state index in [-0.39, 0.29) is 12.1 Å². The van der Waals surface area contributed by atoms with Gasteiger partial charge in [0.05, 0.1) is 11.7 Å². The van der Waals surface area contributed by atoms with Crippen LogP contribution in [0.1, 0.15) is 24.1 Å². The van der Waals surface area contributed by atoms with Gasteiger partial charge in [-0.3, -0.25) is 0 Å². The van der Waals surface area contributed by atoms with E-state index in [0.29, 0.717) is 10.7 Å². The molecule has 1 heterocycles. The highest BCUT2D eigenvalue weighted by molar-refractivity contribution is 6.30. The average molecular weight is 357 g/mol. The van der Waals surface area contributed by atoms with Crippen molar-refractivity contribution in [1.82, 2.24) is 25.5 Å². The number of aromatic nitrogens is 4. The largest absolute Gasteiger partial charge is 0.331 e. The Bertz CT molecular complexity index is 863. The van der Waals surface area contributed by atoms with Gasteiger partial charge in [-0.2, -0.15) is 0 Å². The maximum atomic E-state index is 12.3. The van der Waals surface area contributed by atoms with Crippen LogP contribution in [0.25, 0.3) is 5.69 Å². The fourth-order valence-electron chi connectivity index (χ4n) is 2.40. The first-order valence-electron chi connectivity index (χ1n) is 7.70. The maximum Gasteiger partial charge on any atom is 0.319 e. The van der Waals surface area contributed by atoms with Crippen LogP contribution in [0.5, 0.6) is 0 Å². The van der Waals surface area contributed by atoms with Gasteiger partial charge in [0.25, 0.3) is 0 Å². The lowest BCUT2D eigenvalue weighted by molar-refractivity contribution is 0.249. The third-order valence-corrected chi connectivity index (χ3v) is 4.03. The first-order valence-corrected chi connectivity index (χ1v) is 8.08. The van der Waals surface area contributed by atoms with E-state index in [0.717, 1.165) is 16.8 Å². The van der Waals surface area contributed by atoms with Gasteiger partial charge in [-0.05, 0) is 59.7 Å². The summed E-state index contributed by atoms with van der Waals surface area (Å²) in [6, 6.07) is 12.5. The Labute approximate surface area is 150 Å². The molecular weight excluding hydrogens is 340 g/mol. The van der Waals surface area contributed by atoms with Gasteiger partial charge >= 0.3 is 6.03 Å². The van der Waals surface area contributed by atoms with Crippen LogP contribution in [0, 0.1) is 6.92 Å². The van der Waals surface area contributed by atoms with Crippen LogP contribution in [-0.4, -0.2) is 26.2 Å². The van der Waals surface area contributed by atoms with Gasteiger partial charge < -0.3 is 10.6 Å². The number of carbonyl (C=O) groups excluding carboxylic acids is 1. The molecule has 0 bridgehead atoms. The van der Waals surface area contributed by atoms with Gasteiger partial charge in [0.1, 0.15) is 6.33 Å². The number of nitrogens with zero attached hydrogens (tertiary/aromatic N) is 4. The topological polar surface area (TPSA) is 84.7 Å². The smallest absolute Gasteiger partial charge is 0.319 e. The van der Waals surface area contributed by atoms with Gasteiger partial charge in [0.15, 0.2) is 0 Å². The molecule has 1 atom stereocenters. The Balaban J connectivity index is 1.69. The number of amides is 2. The second-order valence-electron chi connectivity index (χ2n) is 5.63. The molecule has 0 unspecified atom stereocenters. The zero-order chi connectivity index (χ0) is 17.8. The maximum absolute atomic E-state index is 12.3. The van der Waals surface area contributed by atoms with E-state index in [9.17, 15) is 4.79 Å². The van der Waals surface area contributed by atoms with Crippen LogP contribution in [0.4, 0.5) is 10.5 Å². The summed E-state index contributed by atoms with van der Waals surface area (Å²) in [5.41, 5.74) is 3.41. The zero-order valence-electron chi connectivity index (χ0n) is 13.8. The second kappa shape index (κ2) is 7.31. The molecule has 2 amide bonds. The fraction of sp³-hybridized carbons (Fsp3) is 0.176. The Morgan fingerprint density at radius 3 is 2.64 bits per heavy atom. The molecule has 0 fully saturated rings. The number of tetrazole rings is 1. The van der Waals surface area contributed by atoms with Gasteiger partial charge in [0, 0.05) is 10.7 Å². The first-order chi connectivity index (χ1) is 12.0. The van der Waals surface area contributed by atoms with Crippen molar-refractivity contribution >= 4 is 23.3 Å². The van der Waals surface area contributed by atoms with Crippen molar-refractivity contribution in [2.45, 2.75) is 19.9 Å². The molecule has 3 aromatic rings. The summed E-state index contributed by atoms with van der Waals surface area (Å²) >= 11 is 5.88. The van der Waals surface area contributed by atoms with Crippen molar-refractivity contribution in [3.63, 3.8) is 0 Å². The SMILES string of the molecule is Cc1ccc(NC(=O)N[C@@H](C)c2ccc(Cl)cc2)cc1-n1cnnn1. The summed E-state index contributed by atoms with van der Waals surface area (Å²) in [4.78, 5) is 12.3. The van der Waals surface area contributed by atoms with E-state index < -0.39 is 0 Å². The lowest BCUT2D eigenvalue weighted by Gasteiger charge is -2.16. The number of aryl methyl sites for hydroxylation is 1.